The van der Waals surface area contributed by atoms with Crippen LogP contribution in [0.15, 0.2) is 24.3 Å². The number of carbonyl (C=O) groups excluding carboxylic acids is 2. The fourth-order valence-electron chi connectivity index (χ4n) is 6.82. The van der Waals surface area contributed by atoms with E-state index in [4.69, 9.17) is 10.2 Å². The van der Waals surface area contributed by atoms with Gasteiger partial charge in [0.15, 0.2) is 5.82 Å². The lowest BCUT2D eigenvalue weighted by Gasteiger charge is -2.54. The molecule has 0 aliphatic heterocycles. The third-order valence-electron chi connectivity index (χ3n) is 8.04. The first kappa shape index (κ1) is 21.4. The minimum Gasteiger partial charge on any atom is -0.346 e. The number of amides is 2. The summed E-state index contributed by atoms with van der Waals surface area (Å²) in [6.45, 7) is 0.733. The summed E-state index contributed by atoms with van der Waals surface area (Å²) in [5.74, 6) is 3.22. The predicted molar refractivity (Wildman–Crippen MR) is 121 cm³/mol. The first-order valence-corrected chi connectivity index (χ1v) is 12.3. The molecule has 3 N–H and O–H groups in total. The van der Waals surface area contributed by atoms with Gasteiger partial charge in [0.25, 0.3) is 5.91 Å². The molecule has 7 heteroatoms. The second kappa shape index (κ2) is 9.22. The van der Waals surface area contributed by atoms with Gasteiger partial charge in [0.2, 0.25) is 5.91 Å². The van der Waals surface area contributed by atoms with Gasteiger partial charge in [0, 0.05) is 19.0 Å². The molecule has 4 saturated carbocycles. The molecule has 32 heavy (non-hydrogen) atoms. The number of hydrogen-bond donors (Lipinski definition) is 3. The number of rotatable bonds is 9. The average Bonchev–Trinajstić information content (AvgIpc) is 3.16. The number of unbranched alkanes of at least 4 members (excludes halogenated alkanes) is 3. The van der Waals surface area contributed by atoms with Gasteiger partial charge in [-0.15, -0.1) is 0 Å². The van der Waals surface area contributed by atoms with Crippen LogP contribution < -0.4 is 10.8 Å². The SMILES string of the molecule is O=C(CCCCCCn1c(C(=O)NC2C3CC4CC(C3)CC2C4)nc2ccccc21)NO. The highest BCUT2D eigenvalue weighted by Gasteiger charge is 2.48. The standard InChI is InChI=1S/C25H34N4O3/c30-22(28-32)9-3-1-2-6-10-29-21-8-5-4-7-20(21)26-24(29)25(31)27-23-18-12-16-11-17(14-18)15-19(23)13-16/h4-5,7-8,16-19,23,32H,1-3,6,9-15H2,(H,27,31)(H,28,30). The highest BCUT2D eigenvalue weighted by molar-refractivity contribution is 5.95. The number of nitrogens with zero attached hydrogens (tertiary/aromatic N) is 2. The van der Waals surface area contributed by atoms with E-state index in [9.17, 15) is 9.59 Å². The van der Waals surface area contributed by atoms with Crippen LogP contribution in [0.4, 0.5) is 0 Å². The maximum atomic E-state index is 13.4. The topological polar surface area (TPSA) is 96.2 Å². The summed E-state index contributed by atoms with van der Waals surface area (Å²) in [5.41, 5.74) is 3.54. The van der Waals surface area contributed by atoms with Crippen LogP contribution in [0.25, 0.3) is 11.0 Å². The average molecular weight is 439 g/mol. The van der Waals surface area contributed by atoms with Gasteiger partial charge in [-0.05, 0) is 80.8 Å². The first-order chi connectivity index (χ1) is 15.6. The van der Waals surface area contributed by atoms with Gasteiger partial charge < -0.3 is 9.88 Å². The number of hydroxylamine groups is 1. The molecular weight excluding hydrogens is 404 g/mol. The zero-order valence-corrected chi connectivity index (χ0v) is 18.6. The van der Waals surface area contributed by atoms with Gasteiger partial charge in [-0.25, -0.2) is 10.5 Å². The molecule has 4 aliphatic carbocycles. The van der Waals surface area contributed by atoms with E-state index in [1.807, 2.05) is 24.3 Å². The number of aromatic nitrogens is 2. The molecule has 4 bridgehead atoms. The molecule has 1 aromatic carbocycles. The van der Waals surface area contributed by atoms with Crippen molar-refractivity contribution in [1.82, 2.24) is 20.3 Å². The fraction of sp³-hybridized carbons (Fsp3) is 0.640. The Balaban J connectivity index is 1.25. The van der Waals surface area contributed by atoms with Crippen molar-refractivity contribution < 1.29 is 14.8 Å². The molecule has 7 nitrogen and oxygen atoms in total. The molecule has 4 fully saturated rings. The molecule has 0 spiro atoms. The van der Waals surface area contributed by atoms with Crippen LogP contribution in [0.5, 0.6) is 0 Å². The quantitative estimate of drug-likeness (QED) is 0.313. The Labute approximate surface area is 188 Å². The first-order valence-electron chi connectivity index (χ1n) is 12.3. The second-order valence-electron chi connectivity index (χ2n) is 10.2. The van der Waals surface area contributed by atoms with Crippen LogP contribution in [-0.4, -0.2) is 32.6 Å². The Bertz CT molecular complexity index is 957. The molecule has 6 rings (SSSR count). The molecule has 172 valence electrons. The van der Waals surface area contributed by atoms with Crippen LogP contribution in [-0.2, 0) is 11.3 Å². The highest BCUT2D eigenvalue weighted by Crippen LogP contribution is 2.53. The number of aryl methyl sites for hydroxylation is 1. The maximum absolute atomic E-state index is 13.4. The molecular formula is C25H34N4O3. The van der Waals surface area contributed by atoms with E-state index in [0.717, 1.165) is 55.1 Å². The lowest BCUT2D eigenvalue weighted by molar-refractivity contribution is -0.129. The third-order valence-corrected chi connectivity index (χ3v) is 8.04. The molecule has 2 aromatic rings. The van der Waals surface area contributed by atoms with Crippen molar-refractivity contribution in [3.63, 3.8) is 0 Å². The normalized spacial score (nSPS) is 28.2. The largest absolute Gasteiger partial charge is 0.346 e. The number of carbonyl (C=O) groups is 2. The van der Waals surface area contributed by atoms with Crippen LogP contribution in [0, 0.1) is 23.7 Å². The zero-order valence-electron chi connectivity index (χ0n) is 18.6. The smallest absolute Gasteiger partial charge is 0.287 e. The lowest BCUT2D eigenvalue weighted by Crippen LogP contribution is -2.56. The van der Waals surface area contributed by atoms with Crippen molar-refractivity contribution in [3.05, 3.63) is 30.1 Å². The van der Waals surface area contributed by atoms with Gasteiger partial charge in [0.05, 0.1) is 11.0 Å². The Kier molecular flexibility index (Phi) is 6.17. The summed E-state index contributed by atoms with van der Waals surface area (Å²) < 4.78 is 2.07. The molecule has 0 saturated heterocycles. The monoisotopic (exact) mass is 438 g/mol. The van der Waals surface area contributed by atoms with Crippen molar-refractivity contribution in [2.75, 3.05) is 0 Å². The molecule has 1 aromatic heterocycles. The highest BCUT2D eigenvalue weighted by atomic mass is 16.5. The summed E-state index contributed by atoms with van der Waals surface area (Å²) in [6.07, 6.45) is 10.4. The summed E-state index contributed by atoms with van der Waals surface area (Å²) in [7, 11) is 0. The molecule has 4 aliphatic rings. The van der Waals surface area contributed by atoms with Crippen molar-refractivity contribution in [3.8, 4) is 0 Å². The Morgan fingerprint density at radius 2 is 1.66 bits per heavy atom. The van der Waals surface area contributed by atoms with E-state index < -0.39 is 0 Å². The summed E-state index contributed by atoms with van der Waals surface area (Å²) in [6, 6.07) is 8.27. The van der Waals surface area contributed by atoms with Gasteiger partial charge in [0.1, 0.15) is 0 Å². The summed E-state index contributed by atoms with van der Waals surface area (Å²) in [5, 5.41) is 12.0. The number of para-hydroxylation sites is 2. The van der Waals surface area contributed by atoms with E-state index in [1.165, 1.54) is 32.1 Å². The van der Waals surface area contributed by atoms with Crippen molar-refractivity contribution in [2.24, 2.45) is 23.7 Å². The van der Waals surface area contributed by atoms with Crippen molar-refractivity contribution in [2.45, 2.75) is 76.8 Å². The molecule has 0 unspecified atom stereocenters. The fourth-order valence-corrected chi connectivity index (χ4v) is 6.82. The number of imidazole rings is 1. The molecule has 1 heterocycles. The predicted octanol–water partition coefficient (Wildman–Crippen LogP) is 4.05. The number of benzene rings is 1. The molecule has 0 atom stereocenters. The van der Waals surface area contributed by atoms with Crippen LogP contribution in [0.2, 0.25) is 0 Å². The Morgan fingerprint density at radius 1 is 0.969 bits per heavy atom. The maximum Gasteiger partial charge on any atom is 0.287 e. The Morgan fingerprint density at radius 3 is 2.38 bits per heavy atom. The summed E-state index contributed by atoms with van der Waals surface area (Å²) >= 11 is 0. The van der Waals surface area contributed by atoms with Gasteiger partial charge in [-0.2, -0.15) is 0 Å². The van der Waals surface area contributed by atoms with E-state index >= 15 is 0 Å². The van der Waals surface area contributed by atoms with Gasteiger partial charge in [-0.1, -0.05) is 25.0 Å². The van der Waals surface area contributed by atoms with E-state index in [1.54, 1.807) is 5.48 Å². The molecule has 0 radical (unpaired) electrons. The van der Waals surface area contributed by atoms with Gasteiger partial charge in [-0.3, -0.25) is 14.8 Å². The zero-order chi connectivity index (χ0) is 22.1. The number of hydrogen-bond acceptors (Lipinski definition) is 4. The van der Waals surface area contributed by atoms with Crippen molar-refractivity contribution >= 4 is 22.8 Å². The summed E-state index contributed by atoms with van der Waals surface area (Å²) in [4.78, 5) is 29.3. The van der Waals surface area contributed by atoms with E-state index in [0.29, 0.717) is 30.1 Å². The van der Waals surface area contributed by atoms with Crippen LogP contribution in [0.1, 0.15) is 74.8 Å². The van der Waals surface area contributed by atoms with Crippen molar-refractivity contribution in [1.29, 1.82) is 0 Å². The van der Waals surface area contributed by atoms with E-state index in [2.05, 4.69) is 9.88 Å². The number of nitrogens with one attached hydrogen (secondary N) is 2. The van der Waals surface area contributed by atoms with Gasteiger partial charge >= 0.3 is 0 Å². The Hall–Kier alpha value is -2.41. The minimum absolute atomic E-state index is 0.0294. The molecule has 2 amide bonds. The van der Waals surface area contributed by atoms with E-state index in [-0.39, 0.29) is 11.8 Å². The minimum atomic E-state index is -0.339. The van der Waals surface area contributed by atoms with Crippen LogP contribution in [0.3, 0.4) is 0 Å². The lowest BCUT2D eigenvalue weighted by atomic mass is 9.54. The third kappa shape index (κ3) is 4.27. The number of fused-ring (bicyclic) bond motifs is 1. The van der Waals surface area contributed by atoms with Crippen LogP contribution >= 0.6 is 0 Å². The second-order valence-corrected chi connectivity index (χ2v) is 10.2.